The molecule has 4 rings (SSSR count). The molecule has 1 spiro atoms. The van der Waals surface area contributed by atoms with Crippen molar-refractivity contribution in [3.63, 3.8) is 0 Å². The summed E-state index contributed by atoms with van der Waals surface area (Å²) < 4.78 is 20.9. The summed E-state index contributed by atoms with van der Waals surface area (Å²) in [6, 6.07) is 2.96. The standard InChI is InChI=1S/C18H16N2O7/c1-8-6-9(16(22)24-2)12-13-10(7-11(20-13)17(23)25-3)18(26-4-5-27-18)15(21)14(12)19-8/h6-7,20H,4-5H2,1-3H3. The Morgan fingerprint density at radius 3 is 2.44 bits per heavy atom. The second-order valence-corrected chi connectivity index (χ2v) is 6.13. The van der Waals surface area contributed by atoms with Crippen LogP contribution >= 0.6 is 0 Å². The number of ether oxygens (including phenoxy) is 4. The maximum Gasteiger partial charge on any atom is 0.354 e. The number of Topliss-reactive ketones (excluding diaryl/α,β-unsaturated/α-hetero) is 1. The topological polar surface area (TPSA) is 117 Å². The molecule has 2 aliphatic rings. The van der Waals surface area contributed by atoms with Gasteiger partial charge >= 0.3 is 11.9 Å². The van der Waals surface area contributed by atoms with Gasteiger partial charge in [-0.15, -0.1) is 0 Å². The Morgan fingerprint density at radius 1 is 1.15 bits per heavy atom. The maximum atomic E-state index is 13.3. The summed E-state index contributed by atoms with van der Waals surface area (Å²) in [5.74, 6) is -3.51. The van der Waals surface area contributed by atoms with Gasteiger partial charge in [-0.05, 0) is 19.1 Å². The molecule has 0 aromatic carbocycles. The van der Waals surface area contributed by atoms with E-state index in [0.29, 0.717) is 17.0 Å². The first kappa shape index (κ1) is 17.4. The molecule has 0 atom stereocenters. The number of ketones is 1. The Balaban J connectivity index is 2.07. The minimum Gasteiger partial charge on any atom is -0.465 e. The van der Waals surface area contributed by atoms with Crippen LogP contribution in [0, 0.1) is 6.92 Å². The fourth-order valence-corrected chi connectivity index (χ4v) is 3.47. The van der Waals surface area contributed by atoms with Crippen molar-refractivity contribution in [3.8, 4) is 11.3 Å². The third-order valence-corrected chi connectivity index (χ3v) is 4.59. The molecule has 2 aromatic heterocycles. The molecule has 0 bridgehead atoms. The van der Waals surface area contributed by atoms with Crippen molar-refractivity contribution < 1.29 is 33.3 Å². The van der Waals surface area contributed by atoms with E-state index in [0.717, 1.165) is 0 Å². The third kappa shape index (κ3) is 2.32. The van der Waals surface area contributed by atoms with Crippen LogP contribution in [0.2, 0.25) is 0 Å². The fourth-order valence-electron chi connectivity index (χ4n) is 3.47. The van der Waals surface area contributed by atoms with Gasteiger partial charge in [-0.1, -0.05) is 0 Å². The number of aromatic nitrogens is 2. The van der Waals surface area contributed by atoms with Crippen molar-refractivity contribution in [1.29, 1.82) is 0 Å². The van der Waals surface area contributed by atoms with Gasteiger partial charge in [0.05, 0.1) is 38.7 Å². The average molecular weight is 372 g/mol. The molecule has 1 saturated heterocycles. The number of methoxy groups -OCH3 is 2. The van der Waals surface area contributed by atoms with Crippen molar-refractivity contribution in [3.05, 3.63) is 40.3 Å². The number of carbonyl (C=O) groups is 3. The number of fused-ring (bicyclic) bond motifs is 4. The summed E-state index contributed by atoms with van der Waals surface area (Å²) in [6.07, 6.45) is 0. The minimum absolute atomic E-state index is 0.0167. The van der Waals surface area contributed by atoms with E-state index in [4.69, 9.17) is 18.9 Å². The summed E-state index contributed by atoms with van der Waals surface area (Å²) in [5, 5.41) is 0. The van der Waals surface area contributed by atoms with E-state index in [-0.39, 0.29) is 35.7 Å². The third-order valence-electron chi connectivity index (χ3n) is 4.59. The van der Waals surface area contributed by atoms with Crippen molar-refractivity contribution >= 4 is 17.7 Å². The van der Waals surface area contributed by atoms with Crippen molar-refractivity contribution in [2.45, 2.75) is 12.7 Å². The second-order valence-electron chi connectivity index (χ2n) is 6.13. The highest BCUT2D eigenvalue weighted by Gasteiger charge is 2.54. The molecule has 9 nitrogen and oxygen atoms in total. The summed E-state index contributed by atoms with van der Waals surface area (Å²) in [5.41, 5.74) is 1.60. The number of esters is 2. The number of carbonyl (C=O) groups excluding carboxylic acids is 3. The van der Waals surface area contributed by atoms with Gasteiger partial charge < -0.3 is 23.9 Å². The van der Waals surface area contributed by atoms with E-state index in [1.165, 1.54) is 26.4 Å². The van der Waals surface area contributed by atoms with Crippen LogP contribution in [0.15, 0.2) is 12.1 Å². The molecule has 1 aliphatic heterocycles. The highest BCUT2D eigenvalue weighted by molar-refractivity contribution is 6.14. The van der Waals surface area contributed by atoms with E-state index in [2.05, 4.69) is 9.97 Å². The van der Waals surface area contributed by atoms with Crippen LogP contribution in [0.5, 0.6) is 0 Å². The molecular weight excluding hydrogens is 356 g/mol. The lowest BCUT2D eigenvalue weighted by molar-refractivity contribution is -0.126. The van der Waals surface area contributed by atoms with Gasteiger partial charge in [-0.3, -0.25) is 4.79 Å². The van der Waals surface area contributed by atoms with Gasteiger partial charge in [-0.25, -0.2) is 14.6 Å². The number of nitrogens with zero attached hydrogens (tertiary/aromatic N) is 1. The quantitative estimate of drug-likeness (QED) is 0.785. The molecular formula is C18H16N2O7. The molecule has 1 fully saturated rings. The van der Waals surface area contributed by atoms with Crippen LogP contribution < -0.4 is 0 Å². The van der Waals surface area contributed by atoms with Crippen LogP contribution in [0.4, 0.5) is 0 Å². The van der Waals surface area contributed by atoms with Gasteiger partial charge in [0.25, 0.3) is 5.79 Å². The second kappa shape index (κ2) is 6.00. The molecule has 2 aromatic rings. The van der Waals surface area contributed by atoms with E-state index in [1.807, 2.05) is 0 Å². The lowest BCUT2D eigenvalue weighted by atomic mass is 9.85. The number of aryl methyl sites for hydroxylation is 1. The van der Waals surface area contributed by atoms with Crippen LogP contribution in [-0.2, 0) is 24.7 Å². The molecule has 1 N–H and O–H groups in total. The molecule has 0 unspecified atom stereocenters. The molecule has 1 aliphatic carbocycles. The maximum absolute atomic E-state index is 13.3. The summed E-state index contributed by atoms with van der Waals surface area (Å²) >= 11 is 0. The molecule has 3 heterocycles. The fraction of sp³-hybridized carbons (Fsp3) is 0.333. The molecule has 0 radical (unpaired) electrons. The highest BCUT2D eigenvalue weighted by atomic mass is 16.7. The number of pyridine rings is 1. The molecule has 140 valence electrons. The minimum atomic E-state index is -1.71. The zero-order valence-electron chi connectivity index (χ0n) is 14.9. The Morgan fingerprint density at radius 2 is 1.81 bits per heavy atom. The lowest BCUT2D eigenvalue weighted by Crippen LogP contribution is -2.41. The average Bonchev–Trinajstić information content (AvgIpc) is 3.32. The van der Waals surface area contributed by atoms with Gasteiger partial charge in [0.15, 0.2) is 0 Å². The van der Waals surface area contributed by atoms with Gasteiger partial charge in [-0.2, -0.15) is 0 Å². The number of hydrogen-bond acceptors (Lipinski definition) is 8. The van der Waals surface area contributed by atoms with E-state index >= 15 is 0 Å². The molecule has 0 saturated carbocycles. The summed E-state index contributed by atoms with van der Waals surface area (Å²) in [6.45, 7) is 2.07. The first-order chi connectivity index (χ1) is 12.9. The zero-order valence-corrected chi connectivity index (χ0v) is 14.9. The Hall–Kier alpha value is -3.04. The molecule has 0 amide bonds. The summed E-state index contributed by atoms with van der Waals surface area (Å²) in [7, 11) is 2.49. The molecule has 9 heteroatoms. The SMILES string of the molecule is COC(=O)c1cc2c([nH]1)-c1c(C(=O)OC)cc(C)nc1C(=O)C21OCCO1. The number of nitrogens with one attached hydrogen (secondary N) is 1. The van der Waals surface area contributed by atoms with Crippen LogP contribution in [0.25, 0.3) is 11.3 Å². The van der Waals surface area contributed by atoms with Crippen LogP contribution in [0.3, 0.4) is 0 Å². The first-order valence-corrected chi connectivity index (χ1v) is 8.17. The van der Waals surface area contributed by atoms with Gasteiger partial charge in [0.1, 0.15) is 11.4 Å². The Labute approximate surface area is 153 Å². The highest BCUT2D eigenvalue weighted by Crippen LogP contribution is 2.47. The largest absolute Gasteiger partial charge is 0.465 e. The van der Waals surface area contributed by atoms with Crippen molar-refractivity contribution in [2.75, 3.05) is 27.4 Å². The predicted molar refractivity (Wildman–Crippen MR) is 89.4 cm³/mol. The lowest BCUT2D eigenvalue weighted by Gasteiger charge is -2.31. The number of hydrogen-bond donors (Lipinski definition) is 1. The smallest absolute Gasteiger partial charge is 0.354 e. The normalized spacial score (nSPS) is 16.8. The van der Waals surface area contributed by atoms with Gasteiger partial charge in [0, 0.05) is 16.8 Å². The number of H-pyrrole nitrogens is 1. The van der Waals surface area contributed by atoms with Crippen LogP contribution in [0.1, 0.15) is 42.6 Å². The Bertz CT molecular complexity index is 986. The monoisotopic (exact) mass is 372 g/mol. The Kier molecular flexibility index (Phi) is 3.86. The van der Waals surface area contributed by atoms with Crippen molar-refractivity contribution in [2.24, 2.45) is 0 Å². The van der Waals surface area contributed by atoms with Crippen LogP contribution in [-0.4, -0.2) is 55.1 Å². The summed E-state index contributed by atoms with van der Waals surface area (Å²) in [4.78, 5) is 44.9. The number of aromatic amines is 1. The van der Waals surface area contributed by atoms with E-state index in [9.17, 15) is 14.4 Å². The number of rotatable bonds is 2. The molecule has 27 heavy (non-hydrogen) atoms. The first-order valence-electron chi connectivity index (χ1n) is 8.17. The van der Waals surface area contributed by atoms with E-state index < -0.39 is 23.5 Å². The van der Waals surface area contributed by atoms with E-state index in [1.54, 1.807) is 6.92 Å². The van der Waals surface area contributed by atoms with Gasteiger partial charge in [0.2, 0.25) is 5.78 Å². The van der Waals surface area contributed by atoms with Crippen molar-refractivity contribution in [1.82, 2.24) is 9.97 Å². The zero-order chi connectivity index (χ0) is 19.3. The predicted octanol–water partition coefficient (Wildman–Crippen LogP) is 1.35.